The van der Waals surface area contributed by atoms with Crippen LogP contribution in [-0.4, -0.2) is 17.8 Å². The largest absolute Gasteiger partial charge is 0.383 e. The Hall–Kier alpha value is -2.95. The molecule has 1 aliphatic carbocycles. The molecule has 0 fully saturated rings. The van der Waals surface area contributed by atoms with Gasteiger partial charge in [0.25, 0.3) is 5.69 Å². The number of carbonyl (C=O) groups excluding carboxylic acids is 1. The van der Waals surface area contributed by atoms with Gasteiger partial charge in [-0.2, -0.15) is 0 Å². The first-order valence-corrected chi connectivity index (χ1v) is 6.89. The highest BCUT2D eigenvalue weighted by Gasteiger charge is 2.24. The Labute approximate surface area is 127 Å². The van der Waals surface area contributed by atoms with Crippen LogP contribution in [0.1, 0.15) is 21.5 Å². The lowest BCUT2D eigenvalue weighted by atomic mass is 10.1. The van der Waals surface area contributed by atoms with Gasteiger partial charge in [-0.1, -0.05) is 30.3 Å². The van der Waals surface area contributed by atoms with Crippen molar-refractivity contribution >= 4 is 23.2 Å². The Morgan fingerprint density at radius 2 is 2.00 bits per heavy atom. The fraction of sp³-hybridized carbons (Fsp3) is 0.118. The maximum absolute atomic E-state index is 12.3. The second-order valence-corrected chi connectivity index (χ2v) is 5.12. The van der Waals surface area contributed by atoms with Crippen LogP contribution in [-0.2, 0) is 6.42 Å². The molecule has 1 aliphatic rings. The predicted octanol–water partition coefficient (Wildman–Crippen LogP) is 3.46. The quantitative estimate of drug-likeness (QED) is 0.534. The second-order valence-electron chi connectivity index (χ2n) is 5.12. The van der Waals surface area contributed by atoms with Gasteiger partial charge in [0.05, 0.1) is 4.92 Å². The maximum Gasteiger partial charge on any atom is 0.292 e. The summed E-state index contributed by atoms with van der Waals surface area (Å²) in [4.78, 5) is 23.0. The van der Waals surface area contributed by atoms with E-state index in [1.807, 2.05) is 24.3 Å². The molecule has 0 saturated heterocycles. The Morgan fingerprint density at radius 1 is 1.23 bits per heavy atom. The number of hydrogen-bond acceptors (Lipinski definition) is 4. The van der Waals surface area contributed by atoms with Crippen LogP contribution in [0.15, 0.2) is 48.0 Å². The zero-order chi connectivity index (χ0) is 15.7. The Kier molecular flexibility index (Phi) is 3.47. The molecule has 110 valence electrons. The van der Waals surface area contributed by atoms with Crippen LogP contribution in [0.25, 0.3) is 6.08 Å². The number of hydrogen-bond donors (Lipinski definition) is 1. The van der Waals surface area contributed by atoms with Crippen LogP contribution in [0.3, 0.4) is 0 Å². The van der Waals surface area contributed by atoms with Crippen LogP contribution in [0.5, 0.6) is 0 Å². The fourth-order valence-electron chi connectivity index (χ4n) is 2.67. The van der Waals surface area contributed by atoms with Gasteiger partial charge in [-0.05, 0) is 23.3 Å². The predicted molar refractivity (Wildman–Crippen MR) is 85.1 cm³/mol. The molecule has 2 aromatic rings. The number of nitrogens with zero attached hydrogens (tertiary/aromatic N) is 1. The Balaban J connectivity index is 1.99. The van der Waals surface area contributed by atoms with E-state index in [4.69, 9.17) is 0 Å². The summed E-state index contributed by atoms with van der Waals surface area (Å²) < 4.78 is 0. The second kappa shape index (κ2) is 5.44. The van der Waals surface area contributed by atoms with Gasteiger partial charge in [-0.25, -0.2) is 0 Å². The number of carbonyl (C=O) groups is 1. The third kappa shape index (κ3) is 2.37. The molecule has 0 amide bonds. The molecule has 5 nitrogen and oxygen atoms in total. The van der Waals surface area contributed by atoms with Crippen molar-refractivity contribution in [1.82, 2.24) is 0 Å². The molecule has 0 unspecified atom stereocenters. The lowest BCUT2D eigenvalue weighted by molar-refractivity contribution is -0.383. The number of nitro benzene ring substituents is 1. The smallest absolute Gasteiger partial charge is 0.292 e. The summed E-state index contributed by atoms with van der Waals surface area (Å²) in [5.74, 6) is -0.00375. The van der Waals surface area contributed by atoms with E-state index in [1.165, 1.54) is 6.07 Å². The SMILES string of the molecule is CNc1ccc(C=C2Cc3ccccc3C2=O)cc1[N+](=O)[O-]. The molecular formula is C17H14N2O3. The number of rotatable bonds is 3. The lowest BCUT2D eigenvalue weighted by Crippen LogP contribution is -1.98. The standard InChI is InChI=1S/C17H14N2O3/c1-18-15-7-6-11(9-16(15)19(21)22)8-13-10-12-4-2-3-5-14(12)17(13)20/h2-9,18H,10H2,1H3. The van der Waals surface area contributed by atoms with E-state index in [-0.39, 0.29) is 11.5 Å². The zero-order valence-corrected chi connectivity index (χ0v) is 12.0. The van der Waals surface area contributed by atoms with Gasteiger partial charge in [0.2, 0.25) is 0 Å². The van der Waals surface area contributed by atoms with Crippen LogP contribution in [0, 0.1) is 10.1 Å². The van der Waals surface area contributed by atoms with Crippen molar-refractivity contribution in [2.75, 3.05) is 12.4 Å². The van der Waals surface area contributed by atoms with Gasteiger partial charge in [0, 0.05) is 30.7 Å². The number of ketones is 1. The van der Waals surface area contributed by atoms with Gasteiger partial charge in [-0.15, -0.1) is 0 Å². The maximum atomic E-state index is 12.3. The molecule has 0 spiro atoms. The van der Waals surface area contributed by atoms with Crippen LogP contribution in [0.2, 0.25) is 0 Å². The van der Waals surface area contributed by atoms with E-state index in [0.29, 0.717) is 23.2 Å². The molecule has 0 aromatic heterocycles. The molecule has 3 rings (SSSR count). The zero-order valence-electron chi connectivity index (χ0n) is 12.0. The first-order valence-electron chi connectivity index (χ1n) is 6.89. The third-order valence-corrected chi connectivity index (χ3v) is 3.76. The van der Waals surface area contributed by atoms with Gasteiger partial charge < -0.3 is 5.32 Å². The molecule has 0 atom stereocenters. The van der Waals surface area contributed by atoms with E-state index in [9.17, 15) is 14.9 Å². The molecule has 2 aromatic carbocycles. The van der Waals surface area contributed by atoms with Crippen LogP contribution < -0.4 is 5.32 Å². The summed E-state index contributed by atoms with van der Waals surface area (Å²) in [6.07, 6.45) is 2.30. The summed E-state index contributed by atoms with van der Waals surface area (Å²) in [6, 6.07) is 12.4. The van der Waals surface area contributed by atoms with Crippen molar-refractivity contribution in [3.63, 3.8) is 0 Å². The first-order chi connectivity index (χ1) is 10.6. The molecular weight excluding hydrogens is 280 g/mol. The molecule has 1 N–H and O–H groups in total. The van der Waals surface area contributed by atoms with Crippen molar-refractivity contribution in [3.05, 3.63) is 74.8 Å². The van der Waals surface area contributed by atoms with Crippen molar-refractivity contribution in [1.29, 1.82) is 0 Å². The highest BCUT2D eigenvalue weighted by atomic mass is 16.6. The summed E-state index contributed by atoms with van der Waals surface area (Å²) >= 11 is 0. The van der Waals surface area contributed by atoms with Gasteiger partial charge in [0.1, 0.15) is 5.69 Å². The topological polar surface area (TPSA) is 72.2 Å². The van der Waals surface area contributed by atoms with E-state index < -0.39 is 4.92 Å². The summed E-state index contributed by atoms with van der Waals surface area (Å²) in [5, 5.41) is 13.9. The first kappa shape index (κ1) is 14.0. The highest BCUT2D eigenvalue weighted by molar-refractivity contribution is 6.15. The van der Waals surface area contributed by atoms with E-state index in [0.717, 1.165) is 11.1 Å². The monoisotopic (exact) mass is 294 g/mol. The van der Waals surface area contributed by atoms with Crippen molar-refractivity contribution < 1.29 is 9.72 Å². The average molecular weight is 294 g/mol. The van der Waals surface area contributed by atoms with E-state index in [1.54, 1.807) is 25.3 Å². The molecule has 0 saturated carbocycles. The Morgan fingerprint density at radius 3 is 2.68 bits per heavy atom. The molecule has 22 heavy (non-hydrogen) atoms. The minimum Gasteiger partial charge on any atom is -0.383 e. The third-order valence-electron chi connectivity index (χ3n) is 3.76. The number of allylic oxidation sites excluding steroid dienone is 1. The summed E-state index contributed by atoms with van der Waals surface area (Å²) in [7, 11) is 1.64. The minimum absolute atomic E-state index is 0.000176. The van der Waals surface area contributed by atoms with Crippen LogP contribution >= 0.6 is 0 Å². The summed E-state index contributed by atoms with van der Waals surface area (Å²) in [5.41, 5.74) is 3.48. The van der Waals surface area contributed by atoms with Gasteiger partial charge in [0.15, 0.2) is 5.78 Å². The lowest BCUT2D eigenvalue weighted by Gasteiger charge is -2.03. The molecule has 0 heterocycles. The van der Waals surface area contributed by atoms with Crippen molar-refractivity contribution in [2.24, 2.45) is 0 Å². The van der Waals surface area contributed by atoms with Crippen molar-refractivity contribution in [3.8, 4) is 0 Å². The molecule has 5 heteroatoms. The van der Waals surface area contributed by atoms with E-state index in [2.05, 4.69) is 5.32 Å². The molecule has 0 radical (unpaired) electrons. The van der Waals surface area contributed by atoms with Crippen LogP contribution in [0.4, 0.5) is 11.4 Å². The number of fused-ring (bicyclic) bond motifs is 1. The Bertz CT molecular complexity index is 809. The normalized spacial score (nSPS) is 15.0. The fourth-order valence-corrected chi connectivity index (χ4v) is 2.67. The number of benzene rings is 2. The highest BCUT2D eigenvalue weighted by Crippen LogP contribution is 2.30. The summed E-state index contributed by atoms with van der Waals surface area (Å²) in [6.45, 7) is 0. The van der Waals surface area contributed by atoms with E-state index >= 15 is 0 Å². The van der Waals surface area contributed by atoms with Gasteiger partial charge >= 0.3 is 0 Å². The molecule has 0 aliphatic heterocycles. The van der Waals surface area contributed by atoms with Crippen molar-refractivity contribution in [2.45, 2.75) is 6.42 Å². The average Bonchev–Trinajstić information content (AvgIpc) is 2.84. The molecule has 0 bridgehead atoms. The number of nitrogens with one attached hydrogen (secondary N) is 1. The minimum atomic E-state index is -0.431. The van der Waals surface area contributed by atoms with Gasteiger partial charge in [-0.3, -0.25) is 14.9 Å². The number of nitro groups is 1. The number of Topliss-reactive ketones (excluding diaryl/α,β-unsaturated/α-hetero) is 1. The number of anilines is 1.